The molecule has 27 heavy (non-hydrogen) atoms. The highest BCUT2D eigenvalue weighted by Gasteiger charge is 2.35. The maximum absolute atomic E-state index is 13.2. The van der Waals surface area contributed by atoms with E-state index in [1.165, 1.54) is 23.5 Å². The molecule has 0 spiro atoms. The molecule has 1 fully saturated rings. The summed E-state index contributed by atoms with van der Waals surface area (Å²) in [6, 6.07) is 6.73. The maximum atomic E-state index is 13.2. The molecule has 0 saturated carbocycles. The summed E-state index contributed by atoms with van der Waals surface area (Å²) in [5.74, 6) is -0.0934. The zero-order chi connectivity index (χ0) is 18.7. The van der Waals surface area contributed by atoms with Gasteiger partial charge in [-0.25, -0.2) is 8.42 Å². The summed E-state index contributed by atoms with van der Waals surface area (Å²) in [5.41, 5.74) is 0.493. The van der Waals surface area contributed by atoms with Crippen molar-refractivity contribution in [3.8, 4) is 5.75 Å². The Morgan fingerprint density at radius 3 is 2.78 bits per heavy atom. The second-order valence-electron chi connectivity index (χ2n) is 5.71. The summed E-state index contributed by atoms with van der Waals surface area (Å²) in [6.45, 7) is 1.25. The molecule has 1 N–H and O–H groups in total. The number of nitrogens with zero attached hydrogens (tertiary/aromatic N) is 3. The number of nitro benzene ring substituents is 1. The maximum Gasteiger partial charge on any atom is 0.310 e. The van der Waals surface area contributed by atoms with E-state index in [0.717, 1.165) is 11.6 Å². The zero-order valence-electron chi connectivity index (χ0n) is 14.4. The lowest BCUT2D eigenvalue weighted by Crippen LogP contribution is -2.48. The molecule has 1 aromatic heterocycles. The van der Waals surface area contributed by atoms with Crippen LogP contribution in [-0.4, -0.2) is 49.4 Å². The van der Waals surface area contributed by atoms with Gasteiger partial charge >= 0.3 is 5.69 Å². The van der Waals surface area contributed by atoms with E-state index in [1.54, 1.807) is 18.5 Å². The van der Waals surface area contributed by atoms with E-state index in [9.17, 15) is 18.5 Å². The summed E-state index contributed by atoms with van der Waals surface area (Å²) < 4.78 is 32.7. The predicted molar refractivity (Wildman–Crippen MR) is 101 cm³/mol. The number of ether oxygens (including phenoxy) is 1. The van der Waals surface area contributed by atoms with Crippen LogP contribution in [0.4, 0.5) is 5.69 Å². The Balaban J connectivity index is 0.00000261. The normalized spacial score (nSPS) is 17.7. The summed E-state index contributed by atoms with van der Waals surface area (Å²) in [5, 5.41) is 14.2. The van der Waals surface area contributed by atoms with Crippen LogP contribution in [0.25, 0.3) is 0 Å². The van der Waals surface area contributed by atoms with Crippen LogP contribution >= 0.6 is 12.4 Å². The van der Waals surface area contributed by atoms with Crippen LogP contribution in [0.1, 0.15) is 11.6 Å². The van der Waals surface area contributed by atoms with Crippen molar-refractivity contribution >= 4 is 28.1 Å². The fourth-order valence-electron chi connectivity index (χ4n) is 2.94. The number of aromatic nitrogens is 1. The Morgan fingerprint density at radius 1 is 1.37 bits per heavy atom. The summed E-state index contributed by atoms with van der Waals surface area (Å²) in [4.78, 5) is 14.4. The van der Waals surface area contributed by atoms with Crippen molar-refractivity contribution in [3.63, 3.8) is 0 Å². The van der Waals surface area contributed by atoms with Gasteiger partial charge in [-0.15, -0.1) is 12.4 Å². The molecule has 1 aliphatic heterocycles. The van der Waals surface area contributed by atoms with Crippen molar-refractivity contribution in [2.75, 3.05) is 26.7 Å². The molecule has 11 heteroatoms. The van der Waals surface area contributed by atoms with Gasteiger partial charge in [0.2, 0.25) is 10.0 Å². The van der Waals surface area contributed by atoms with Crippen molar-refractivity contribution in [1.82, 2.24) is 14.6 Å². The second-order valence-corrected chi connectivity index (χ2v) is 7.60. The van der Waals surface area contributed by atoms with Gasteiger partial charge in [0.05, 0.1) is 23.0 Å². The minimum Gasteiger partial charge on any atom is -0.490 e. The number of piperazine rings is 1. The number of hydrogen-bond donors (Lipinski definition) is 1. The van der Waals surface area contributed by atoms with Gasteiger partial charge < -0.3 is 10.1 Å². The molecule has 1 unspecified atom stereocenters. The van der Waals surface area contributed by atoms with Crippen molar-refractivity contribution in [1.29, 1.82) is 0 Å². The van der Waals surface area contributed by atoms with E-state index >= 15 is 0 Å². The van der Waals surface area contributed by atoms with Crippen molar-refractivity contribution < 1.29 is 18.1 Å². The van der Waals surface area contributed by atoms with Gasteiger partial charge in [-0.1, -0.05) is 6.07 Å². The minimum atomic E-state index is -3.87. The summed E-state index contributed by atoms with van der Waals surface area (Å²) in [7, 11) is -2.61. The Bertz CT molecular complexity index is 910. The van der Waals surface area contributed by atoms with E-state index in [-0.39, 0.29) is 35.3 Å². The van der Waals surface area contributed by atoms with Crippen LogP contribution in [0.3, 0.4) is 0 Å². The standard InChI is InChI=1S/C16H18N4O5S.ClH/c1-25-16-9-13(4-5-14(16)20(21)22)26(23,24)19-8-7-18-11-15(19)12-3-2-6-17-10-12;/h2-6,9-10,15,18H,7-8,11H2,1H3;1H. The topological polar surface area (TPSA) is 115 Å². The molecule has 3 rings (SSSR count). The molecule has 2 aromatic rings. The molecule has 1 aliphatic rings. The average molecular weight is 415 g/mol. The zero-order valence-corrected chi connectivity index (χ0v) is 16.1. The molecular weight excluding hydrogens is 396 g/mol. The third kappa shape index (κ3) is 4.19. The Hall–Kier alpha value is -2.27. The Morgan fingerprint density at radius 2 is 2.15 bits per heavy atom. The van der Waals surface area contributed by atoms with Crippen molar-refractivity contribution in [2.45, 2.75) is 10.9 Å². The highest BCUT2D eigenvalue weighted by molar-refractivity contribution is 7.89. The summed E-state index contributed by atoms with van der Waals surface area (Å²) in [6.07, 6.45) is 3.26. The number of nitrogens with one attached hydrogen (secondary N) is 1. The van der Waals surface area contributed by atoms with E-state index in [2.05, 4.69) is 10.3 Å². The Labute approximate surface area is 163 Å². The second kappa shape index (κ2) is 8.61. The lowest BCUT2D eigenvalue weighted by molar-refractivity contribution is -0.385. The number of nitro groups is 1. The fraction of sp³-hybridized carbons (Fsp3) is 0.312. The number of halogens is 1. The van der Waals surface area contributed by atoms with Crippen LogP contribution in [0.5, 0.6) is 5.75 Å². The van der Waals surface area contributed by atoms with Crippen LogP contribution in [0.2, 0.25) is 0 Å². The molecule has 1 saturated heterocycles. The van der Waals surface area contributed by atoms with Gasteiger partial charge in [0.25, 0.3) is 0 Å². The molecule has 2 heterocycles. The first-order chi connectivity index (χ1) is 12.4. The van der Waals surface area contributed by atoms with Crippen molar-refractivity contribution in [2.24, 2.45) is 0 Å². The van der Waals surface area contributed by atoms with Crippen LogP contribution in [0, 0.1) is 10.1 Å². The number of sulfonamides is 1. The monoisotopic (exact) mass is 414 g/mol. The van der Waals surface area contributed by atoms with Gasteiger partial charge in [-0.05, 0) is 17.7 Å². The quantitative estimate of drug-likeness (QED) is 0.585. The van der Waals surface area contributed by atoms with Gasteiger partial charge in [0.1, 0.15) is 0 Å². The average Bonchev–Trinajstić information content (AvgIpc) is 2.68. The van der Waals surface area contributed by atoms with E-state index in [4.69, 9.17) is 4.74 Å². The van der Waals surface area contributed by atoms with Gasteiger partial charge in [0.15, 0.2) is 5.75 Å². The molecule has 0 bridgehead atoms. The van der Waals surface area contributed by atoms with E-state index < -0.39 is 21.0 Å². The highest BCUT2D eigenvalue weighted by atomic mass is 35.5. The van der Waals surface area contributed by atoms with Crippen LogP contribution < -0.4 is 10.1 Å². The molecule has 0 radical (unpaired) electrons. The van der Waals surface area contributed by atoms with Crippen LogP contribution in [0.15, 0.2) is 47.6 Å². The van der Waals surface area contributed by atoms with E-state index in [0.29, 0.717) is 13.1 Å². The molecule has 1 atom stereocenters. The number of methoxy groups -OCH3 is 1. The first kappa shape index (κ1) is 21.0. The Kier molecular flexibility index (Phi) is 6.71. The van der Waals surface area contributed by atoms with Gasteiger partial charge in [-0.2, -0.15) is 4.31 Å². The first-order valence-electron chi connectivity index (χ1n) is 7.90. The molecule has 1 aromatic carbocycles. The lowest BCUT2D eigenvalue weighted by Gasteiger charge is -2.35. The smallest absolute Gasteiger partial charge is 0.310 e. The number of rotatable bonds is 5. The third-order valence-corrected chi connectivity index (χ3v) is 6.12. The largest absolute Gasteiger partial charge is 0.490 e. The highest BCUT2D eigenvalue weighted by Crippen LogP contribution is 2.33. The van der Waals surface area contributed by atoms with Crippen molar-refractivity contribution in [3.05, 3.63) is 58.4 Å². The van der Waals surface area contributed by atoms with Crippen LogP contribution in [-0.2, 0) is 10.0 Å². The first-order valence-corrected chi connectivity index (χ1v) is 9.34. The SMILES string of the molecule is COc1cc(S(=O)(=O)N2CCNCC2c2cccnc2)ccc1[N+](=O)[O-].Cl. The van der Waals surface area contributed by atoms with E-state index in [1.807, 2.05) is 6.07 Å². The number of benzene rings is 1. The lowest BCUT2D eigenvalue weighted by atomic mass is 10.1. The molecule has 9 nitrogen and oxygen atoms in total. The predicted octanol–water partition coefficient (Wildman–Crippen LogP) is 1.76. The molecule has 146 valence electrons. The molecule has 0 amide bonds. The number of pyridine rings is 1. The summed E-state index contributed by atoms with van der Waals surface area (Å²) >= 11 is 0. The molecule has 0 aliphatic carbocycles. The molecular formula is C16H19ClN4O5S. The van der Waals surface area contributed by atoms with Gasteiger partial charge in [-0.3, -0.25) is 15.1 Å². The van der Waals surface area contributed by atoms with Gasteiger partial charge in [0, 0.05) is 44.2 Å². The number of hydrogen-bond acceptors (Lipinski definition) is 7. The fourth-order valence-corrected chi connectivity index (χ4v) is 4.56. The minimum absolute atomic E-state index is 0. The third-order valence-electron chi connectivity index (χ3n) is 4.22.